The Labute approximate surface area is 178 Å². The van der Waals surface area contributed by atoms with Crippen molar-refractivity contribution in [3.8, 4) is 11.5 Å². The minimum absolute atomic E-state index is 0.00937. The van der Waals surface area contributed by atoms with Crippen LogP contribution in [0.1, 0.15) is 36.5 Å². The Morgan fingerprint density at radius 2 is 2.17 bits per heavy atom. The monoisotopic (exact) mass is 409 g/mol. The zero-order valence-electron chi connectivity index (χ0n) is 18.1. The molecule has 0 bridgehead atoms. The Balaban J connectivity index is 1.52. The van der Waals surface area contributed by atoms with Crippen molar-refractivity contribution in [2.75, 3.05) is 26.7 Å². The van der Waals surface area contributed by atoms with Gasteiger partial charge in [0.15, 0.2) is 0 Å². The molecule has 2 aliphatic heterocycles. The van der Waals surface area contributed by atoms with Gasteiger partial charge in [-0.05, 0) is 61.7 Å². The summed E-state index contributed by atoms with van der Waals surface area (Å²) in [7, 11) is 1.66. The smallest absolute Gasteiger partial charge is 0.219 e. The first-order chi connectivity index (χ1) is 14.5. The largest absolute Gasteiger partial charge is 0.497 e. The summed E-state index contributed by atoms with van der Waals surface area (Å²) >= 11 is 0. The minimum Gasteiger partial charge on any atom is -0.497 e. The molecule has 6 heteroatoms. The van der Waals surface area contributed by atoms with Crippen LogP contribution in [-0.2, 0) is 17.9 Å². The summed E-state index contributed by atoms with van der Waals surface area (Å²) in [4.78, 5) is 20.9. The van der Waals surface area contributed by atoms with E-state index in [-0.39, 0.29) is 12.0 Å². The molecule has 0 saturated carbocycles. The van der Waals surface area contributed by atoms with Crippen LogP contribution in [0.4, 0.5) is 0 Å². The van der Waals surface area contributed by atoms with Crippen LogP contribution in [0, 0.1) is 12.8 Å². The fourth-order valence-electron chi connectivity index (χ4n) is 4.55. The lowest BCUT2D eigenvalue weighted by atomic mass is 9.91. The number of aryl methyl sites for hydroxylation is 1. The van der Waals surface area contributed by atoms with E-state index in [4.69, 9.17) is 9.47 Å². The molecule has 0 radical (unpaired) electrons. The highest BCUT2D eigenvalue weighted by molar-refractivity contribution is 5.73. The standard InChI is InChI=1S/C24H31N3O3/c1-17-12-25-9-8-19(17)13-26-10-4-5-20(14-26)24-16-27(18(2)28)15-21-11-22(29-3)6-7-23(21)30-24/h6-9,11-12,20,24H,4-5,10,13-16H2,1-3H3/t20-,24+/m0/s1. The van der Waals surface area contributed by atoms with E-state index in [9.17, 15) is 4.79 Å². The lowest BCUT2D eigenvalue weighted by Crippen LogP contribution is -2.46. The first kappa shape index (κ1) is 20.7. The summed E-state index contributed by atoms with van der Waals surface area (Å²) in [5.74, 6) is 2.12. The highest BCUT2D eigenvalue weighted by Crippen LogP contribution is 2.33. The Kier molecular flexibility index (Phi) is 6.23. The third-order valence-corrected chi connectivity index (χ3v) is 6.35. The number of fused-ring (bicyclic) bond motifs is 1. The number of hydrogen-bond donors (Lipinski definition) is 0. The van der Waals surface area contributed by atoms with Crippen molar-refractivity contribution in [1.29, 1.82) is 0 Å². The maximum absolute atomic E-state index is 12.3. The summed E-state index contributed by atoms with van der Waals surface area (Å²) in [6, 6.07) is 8.00. The van der Waals surface area contributed by atoms with Crippen LogP contribution in [0.3, 0.4) is 0 Å². The molecule has 0 unspecified atom stereocenters. The maximum Gasteiger partial charge on any atom is 0.219 e. The first-order valence-electron chi connectivity index (χ1n) is 10.7. The van der Waals surface area contributed by atoms with E-state index in [2.05, 4.69) is 22.9 Å². The Morgan fingerprint density at radius 3 is 2.93 bits per heavy atom. The van der Waals surface area contributed by atoms with E-state index in [1.807, 2.05) is 35.5 Å². The van der Waals surface area contributed by atoms with Gasteiger partial charge >= 0.3 is 0 Å². The van der Waals surface area contributed by atoms with Crippen LogP contribution >= 0.6 is 0 Å². The van der Waals surface area contributed by atoms with Crippen molar-refractivity contribution in [1.82, 2.24) is 14.8 Å². The molecule has 1 amide bonds. The number of nitrogens with zero attached hydrogens (tertiary/aromatic N) is 3. The van der Waals surface area contributed by atoms with Gasteiger partial charge in [0.25, 0.3) is 0 Å². The molecule has 2 aliphatic rings. The van der Waals surface area contributed by atoms with E-state index >= 15 is 0 Å². The average Bonchev–Trinajstić information content (AvgIpc) is 2.95. The summed E-state index contributed by atoms with van der Waals surface area (Å²) in [6.45, 7) is 7.94. The van der Waals surface area contributed by atoms with Crippen LogP contribution in [0.2, 0.25) is 0 Å². The van der Waals surface area contributed by atoms with Crippen LogP contribution < -0.4 is 9.47 Å². The molecule has 0 aliphatic carbocycles. The molecule has 1 aromatic carbocycles. The second-order valence-electron chi connectivity index (χ2n) is 8.47. The molecule has 1 saturated heterocycles. The summed E-state index contributed by atoms with van der Waals surface area (Å²) in [5.41, 5.74) is 3.57. The van der Waals surface area contributed by atoms with E-state index < -0.39 is 0 Å². The Bertz CT molecular complexity index is 901. The molecule has 6 nitrogen and oxygen atoms in total. The van der Waals surface area contributed by atoms with E-state index in [1.165, 1.54) is 11.1 Å². The SMILES string of the molecule is COc1ccc2c(c1)CN(C(C)=O)C[C@H]([C@H]1CCCN(Cc3ccncc3C)C1)O2. The number of aromatic nitrogens is 1. The number of likely N-dealkylation sites (tertiary alicyclic amines) is 1. The third kappa shape index (κ3) is 4.59. The highest BCUT2D eigenvalue weighted by Gasteiger charge is 2.33. The van der Waals surface area contributed by atoms with Crippen LogP contribution in [-0.4, -0.2) is 53.5 Å². The fourth-order valence-corrected chi connectivity index (χ4v) is 4.55. The van der Waals surface area contributed by atoms with Gasteiger partial charge in [0.2, 0.25) is 5.91 Å². The zero-order chi connectivity index (χ0) is 21.1. The van der Waals surface area contributed by atoms with Crippen molar-refractivity contribution < 1.29 is 14.3 Å². The number of carbonyl (C=O) groups is 1. The van der Waals surface area contributed by atoms with Crippen molar-refractivity contribution in [2.24, 2.45) is 5.92 Å². The molecule has 2 atom stereocenters. The summed E-state index contributed by atoms with van der Waals surface area (Å²) in [6.07, 6.45) is 6.05. The molecule has 0 spiro atoms. The van der Waals surface area contributed by atoms with Crippen LogP contribution in [0.5, 0.6) is 11.5 Å². The molecule has 30 heavy (non-hydrogen) atoms. The number of pyridine rings is 1. The van der Waals surface area contributed by atoms with Crippen molar-refractivity contribution in [3.63, 3.8) is 0 Å². The van der Waals surface area contributed by atoms with Crippen molar-refractivity contribution in [2.45, 2.75) is 45.9 Å². The van der Waals surface area contributed by atoms with Gasteiger partial charge < -0.3 is 14.4 Å². The van der Waals surface area contributed by atoms with Gasteiger partial charge in [-0.2, -0.15) is 0 Å². The lowest BCUT2D eigenvalue weighted by molar-refractivity contribution is -0.130. The number of benzene rings is 1. The molecular weight excluding hydrogens is 378 g/mol. The van der Waals surface area contributed by atoms with E-state index in [0.29, 0.717) is 19.0 Å². The number of amides is 1. The second-order valence-corrected chi connectivity index (χ2v) is 8.47. The molecule has 4 rings (SSSR count). The molecule has 3 heterocycles. The highest BCUT2D eigenvalue weighted by atomic mass is 16.5. The quantitative estimate of drug-likeness (QED) is 0.775. The lowest BCUT2D eigenvalue weighted by Gasteiger charge is -2.37. The van der Waals surface area contributed by atoms with Gasteiger partial charge in [-0.15, -0.1) is 0 Å². The maximum atomic E-state index is 12.3. The van der Waals surface area contributed by atoms with E-state index in [1.54, 1.807) is 14.0 Å². The number of piperidine rings is 1. The summed E-state index contributed by atoms with van der Waals surface area (Å²) in [5, 5.41) is 0. The van der Waals surface area contributed by atoms with Crippen molar-refractivity contribution in [3.05, 3.63) is 53.3 Å². The van der Waals surface area contributed by atoms with Gasteiger partial charge in [0.1, 0.15) is 17.6 Å². The number of rotatable bonds is 4. The van der Waals surface area contributed by atoms with Gasteiger partial charge in [-0.1, -0.05) is 0 Å². The van der Waals surface area contributed by atoms with Gasteiger partial charge in [0, 0.05) is 50.4 Å². The Morgan fingerprint density at radius 1 is 1.30 bits per heavy atom. The fraction of sp³-hybridized carbons (Fsp3) is 0.500. The number of methoxy groups -OCH3 is 1. The molecule has 160 valence electrons. The zero-order valence-corrected chi connectivity index (χ0v) is 18.1. The average molecular weight is 410 g/mol. The topological polar surface area (TPSA) is 54.9 Å². The molecule has 0 N–H and O–H groups in total. The molecule has 1 aromatic heterocycles. The van der Waals surface area contributed by atoms with Gasteiger partial charge in [-0.25, -0.2) is 0 Å². The Hall–Kier alpha value is -2.60. The predicted octanol–water partition coefficient (Wildman–Crippen LogP) is 3.42. The third-order valence-electron chi connectivity index (χ3n) is 6.35. The minimum atomic E-state index is -0.00937. The number of carbonyl (C=O) groups excluding carboxylic acids is 1. The molecular formula is C24H31N3O3. The van der Waals surface area contributed by atoms with Crippen LogP contribution in [0.15, 0.2) is 36.7 Å². The predicted molar refractivity (Wildman–Crippen MR) is 115 cm³/mol. The van der Waals surface area contributed by atoms with Gasteiger partial charge in [0.05, 0.1) is 13.7 Å². The molecule has 1 fully saturated rings. The van der Waals surface area contributed by atoms with Crippen LogP contribution in [0.25, 0.3) is 0 Å². The normalized spacial score (nSPS) is 22.0. The first-order valence-corrected chi connectivity index (χ1v) is 10.7. The summed E-state index contributed by atoms with van der Waals surface area (Å²) < 4.78 is 11.9. The second kappa shape index (κ2) is 9.04. The van der Waals surface area contributed by atoms with E-state index in [0.717, 1.165) is 49.5 Å². The number of hydrogen-bond acceptors (Lipinski definition) is 5. The number of ether oxygens (including phenoxy) is 2. The van der Waals surface area contributed by atoms with Gasteiger partial charge in [-0.3, -0.25) is 14.7 Å². The van der Waals surface area contributed by atoms with Crippen molar-refractivity contribution >= 4 is 5.91 Å². The molecule has 2 aromatic rings.